The van der Waals surface area contributed by atoms with Crippen LogP contribution in [0.2, 0.25) is 5.02 Å². The van der Waals surface area contributed by atoms with Gasteiger partial charge in [0.05, 0.1) is 5.52 Å². The van der Waals surface area contributed by atoms with Crippen molar-refractivity contribution >= 4 is 34.6 Å². The second kappa shape index (κ2) is 5.07. The molecule has 1 N–H and O–H groups in total. The van der Waals surface area contributed by atoms with E-state index < -0.39 is 17.7 Å². The molecule has 0 saturated heterocycles. The van der Waals surface area contributed by atoms with Gasteiger partial charge in [0.1, 0.15) is 11.3 Å². The van der Waals surface area contributed by atoms with Crippen LogP contribution < -0.4 is 0 Å². The highest BCUT2D eigenvalue weighted by Crippen LogP contribution is 2.28. The summed E-state index contributed by atoms with van der Waals surface area (Å²) in [5.41, 5.74) is 0.329. The van der Waals surface area contributed by atoms with E-state index in [1.165, 1.54) is 6.07 Å². The van der Waals surface area contributed by atoms with Crippen molar-refractivity contribution in [3.05, 3.63) is 34.5 Å². The zero-order valence-corrected chi connectivity index (χ0v) is 13.0. The van der Waals surface area contributed by atoms with Crippen LogP contribution >= 0.6 is 11.6 Å². The molecule has 0 unspecified atom stereocenters. The molecular weight excluding hydrogens is 294 g/mol. The molecule has 2 rings (SSSR count). The van der Waals surface area contributed by atoms with Crippen molar-refractivity contribution in [2.75, 3.05) is 0 Å². The highest BCUT2D eigenvalue weighted by Gasteiger charge is 2.25. The lowest BCUT2D eigenvalue weighted by molar-refractivity contribution is 0.0512. The molecule has 0 atom stereocenters. The molecule has 5 nitrogen and oxygen atoms in total. The van der Waals surface area contributed by atoms with Crippen molar-refractivity contribution in [2.45, 2.75) is 33.3 Å². The van der Waals surface area contributed by atoms with Crippen LogP contribution in [0.25, 0.3) is 10.9 Å². The van der Waals surface area contributed by atoms with Crippen LogP contribution in [0.5, 0.6) is 0 Å². The van der Waals surface area contributed by atoms with Gasteiger partial charge in [-0.15, -0.1) is 0 Å². The molecule has 0 amide bonds. The van der Waals surface area contributed by atoms with Crippen molar-refractivity contribution in [3.8, 4) is 0 Å². The normalized spacial score (nSPS) is 11.7. The van der Waals surface area contributed by atoms with Crippen LogP contribution in [0.15, 0.2) is 18.2 Å². The number of carbonyl (C=O) groups excluding carboxylic acids is 1. The number of aromatic carboxylic acids is 1. The van der Waals surface area contributed by atoms with Gasteiger partial charge in [-0.25, -0.2) is 14.2 Å². The van der Waals surface area contributed by atoms with Gasteiger partial charge in [-0.2, -0.15) is 0 Å². The Balaban J connectivity index is 2.73. The Hall–Kier alpha value is -2.01. The van der Waals surface area contributed by atoms with Gasteiger partial charge in [-0.1, -0.05) is 11.6 Å². The fourth-order valence-corrected chi connectivity index (χ4v) is 2.45. The topological polar surface area (TPSA) is 68.5 Å². The molecule has 0 bridgehead atoms. The number of halogens is 1. The summed E-state index contributed by atoms with van der Waals surface area (Å²) < 4.78 is 6.37. The number of aromatic nitrogens is 1. The molecule has 0 fully saturated rings. The lowest BCUT2D eigenvalue weighted by atomic mass is 10.1. The molecule has 0 radical (unpaired) electrons. The number of hydrogen-bond acceptors (Lipinski definition) is 3. The van der Waals surface area contributed by atoms with Crippen molar-refractivity contribution in [1.29, 1.82) is 0 Å². The first-order chi connectivity index (χ1) is 9.60. The van der Waals surface area contributed by atoms with Crippen LogP contribution in [0.4, 0.5) is 4.79 Å². The highest BCUT2D eigenvalue weighted by atomic mass is 35.5. The zero-order chi connectivity index (χ0) is 15.9. The van der Waals surface area contributed by atoms with Crippen LogP contribution in [0.1, 0.15) is 36.8 Å². The molecule has 1 aromatic carbocycles. The van der Waals surface area contributed by atoms with Crippen molar-refractivity contribution in [1.82, 2.24) is 4.57 Å². The smallest absolute Gasteiger partial charge is 0.419 e. The summed E-state index contributed by atoms with van der Waals surface area (Å²) in [6.45, 7) is 6.93. The standard InChI is InChI=1S/C15H16ClNO4/c1-8-5-10(16)6-9-7-11(13(18)19)17(12(8)9)14(20)21-15(2,3)4/h5-7H,1-4H3,(H,18,19). The first-order valence-corrected chi connectivity index (χ1v) is 6.76. The lowest BCUT2D eigenvalue weighted by Gasteiger charge is -2.20. The van der Waals surface area contributed by atoms with Crippen LogP contribution in [0.3, 0.4) is 0 Å². The second-order valence-corrected chi connectivity index (χ2v) is 6.25. The van der Waals surface area contributed by atoms with E-state index in [4.69, 9.17) is 16.3 Å². The van der Waals surface area contributed by atoms with Gasteiger partial charge in [-0.3, -0.25) is 0 Å². The predicted molar refractivity (Wildman–Crippen MR) is 80.3 cm³/mol. The SMILES string of the molecule is Cc1cc(Cl)cc2cc(C(=O)O)n(C(=O)OC(C)(C)C)c12. The van der Waals surface area contributed by atoms with E-state index in [9.17, 15) is 14.7 Å². The number of hydrogen-bond donors (Lipinski definition) is 1. The maximum Gasteiger partial charge on any atom is 0.419 e. The van der Waals surface area contributed by atoms with E-state index in [1.54, 1.807) is 39.8 Å². The summed E-state index contributed by atoms with van der Waals surface area (Å²) in [4.78, 5) is 23.7. The van der Waals surface area contributed by atoms with Crippen LogP contribution in [-0.4, -0.2) is 27.3 Å². The molecular formula is C15H16ClNO4. The molecule has 1 aromatic heterocycles. The first kappa shape index (κ1) is 15.4. The highest BCUT2D eigenvalue weighted by molar-refractivity contribution is 6.31. The van der Waals surface area contributed by atoms with E-state index in [0.29, 0.717) is 21.5 Å². The summed E-state index contributed by atoms with van der Waals surface area (Å²) in [5, 5.41) is 10.4. The number of fused-ring (bicyclic) bond motifs is 1. The quantitative estimate of drug-likeness (QED) is 0.861. The summed E-state index contributed by atoms with van der Waals surface area (Å²) in [6, 6.07) is 4.72. The van der Waals surface area contributed by atoms with Gasteiger partial charge in [0.25, 0.3) is 0 Å². The van der Waals surface area contributed by atoms with Gasteiger partial charge >= 0.3 is 12.1 Å². The minimum Gasteiger partial charge on any atom is -0.477 e. The Kier molecular flexibility index (Phi) is 3.72. The fraction of sp³-hybridized carbons (Fsp3) is 0.333. The minimum atomic E-state index is -1.20. The molecule has 112 valence electrons. The summed E-state index contributed by atoms with van der Waals surface area (Å²) in [6.07, 6.45) is -0.722. The molecule has 1 heterocycles. The maximum atomic E-state index is 12.3. The van der Waals surface area contributed by atoms with E-state index >= 15 is 0 Å². The van der Waals surface area contributed by atoms with Gasteiger partial charge in [0, 0.05) is 10.4 Å². The van der Waals surface area contributed by atoms with E-state index in [-0.39, 0.29) is 5.69 Å². The summed E-state index contributed by atoms with van der Waals surface area (Å²) in [7, 11) is 0. The molecule has 0 spiro atoms. The molecule has 0 aliphatic rings. The third kappa shape index (κ3) is 3.03. The maximum absolute atomic E-state index is 12.3. The van der Waals surface area contributed by atoms with E-state index in [0.717, 1.165) is 4.57 Å². The summed E-state index contributed by atoms with van der Waals surface area (Å²) in [5.74, 6) is -1.20. The number of carboxylic acids is 1. The van der Waals surface area contributed by atoms with Gasteiger partial charge in [-0.05, 0) is 51.5 Å². The molecule has 0 aliphatic heterocycles. The molecule has 0 aliphatic carbocycles. The monoisotopic (exact) mass is 309 g/mol. The Morgan fingerprint density at radius 2 is 1.86 bits per heavy atom. The minimum absolute atomic E-state index is 0.149. The van der Waals surface area contributed by atoms with Crippen molar-refractivity contribution in [2.24, 2.45) is 0 Å². The number of aryl methyl sites for hydroxylation is 1. The first-order valence-electron chi connectivity index (χ1n) is 6.38. The van der Waals surface area contributed by atoms with Gasteiger partial charge in [0.2, 0.25) is 0 Å². The third-order valence-electron chi connectivity index (χ3n) is 2.85. The molecule has 0 saturated carbocycles. The Morgan fingerprint density at radius 1 is 1.24 bits per heavy atom. The van der Waals surface area contributed by atoms with E-state index in [2.05, 4.69) is 0 Å². The summed E-state index contributed by atoms with van der Waals surface area (Å²) >= 11 is 5.98. The predicted octanol–water partition coefficient (Wildman–Crippen LogP) is 4.08. The number of carboxylic acid groups (broad SMARTS) is 1. The van der Waals surface area contributed by atoms with Gasteiger partial charge < -0.3 is 9.84 Å². The van der Waals surface area contributed by atoms with Crippen LogP contribution in [-0.2, 0) is 4.74 Å². The second-order valence-electron chi connectivity index (χ2n) is 5.81. The number of nitrogens with zero attached hydrogens (tertiary/aromatic N) is 1. The number of rotatable bonds is 1. The van der Waals surface area contributed by atoms with E-state index in [1.807, 2.05) is 0 Å². The number of carbonyl (C=O) groups is 2. The fourth-order valence-electron chi connectivity index (χ4n) is 2.16. The molecule has 6 heteroatoms. The third-order valence-corrected chi connectivity index (χ3v) is 3.06. The van der Waals surface area contributed by atoms with Crippen LogP contribution in [0, 0.1) is 6.92 Å². The van der Waals surface area contributed by atoms with Crippen molar-refractivity contribution in [3.63, 3.8) is 0 Å². The Bertz CT molecular complexity index is 740. The largest absolute Gasteiger partial charge is 0.477 e. The Labute approximate surface area is 127 Å². The zero-order valence-electron chi connectivity index (χ0n) is 12.2. The van der Waals surface area contributed by atoms with Crippen molar-refractivity contribution < 1.29 is 19.4 Å². The van der Waals surface area contributed by atoms with Gasteiger partial charge in [0.15, 0.2) is 0 Å². The number of benzene rings is 1. The lowest BCUT2D eigenvalue weighted by Crippen LogP contribution is -2.28. The number of ether oxygens (including phenoxy) is 1. The average molecular weight is 310 g/mol. The Morgan fingerprint density at radius 3 is 2.38 bits per heavy atom. The molecule has 2 aromatic rings. The average Bonchev–Trinajstić information content (AvgIpc) is 2.65. The molecule has 21 heavy (non-hydrogen) atoms.